The summed E-state index contributed by atoms with van der Waals surface area (Å²) in [5.74, 6) is 1.17. The number of hydrogen-bond donors (Lipinski definition) is 0. The molecule has 0 aliphatic carbocycles. The molecule has 0 atom stereocenters. The zero-order valence-electron chi connectivity index (χ0n) is 12.5. The van der Waals surface area contributed by atoms with E-state index in [-0.39, 0.29) is 0 Å². The first kappa shape index (κ1) is 15.7. The van der Waals surface area contributed by atoms with Crippen LogP contribution in [0.5, 0.6) is 0 Å². The molecule has 0 spiro atoms. The van der Waals surface area contributed by atoms with E-state index < -0.39 is 11.9 Å². The van der Waals surface area contributed by atoms with Crippen molar-refractivity contribution in [3.8, 4) is 0 Å². The van der Waals surface area contributed by atoms with Gasteiger partial charge in [-0.25, -0.2) is 15.0 Å². The Balaban J connectivity index is 1.62. The Morgan fingerprint density at radius 2 is 1.78 bits per heavy atom. The summed E-state index contributed by atoms with van der Waals surface area (Å²) in [6, 6.07) is 0.998. The Kier molecular flexibility index (Phi) is 4.16. The van der Waals surface area contributed by atoms with Crippen LogP contribution in [0.15, 0.2) is 18.7 Å². The van der Waals surface area contributed by atoms with E-state index in [1.807, 2.05) is 11.9 Å². The minimum atomic E-state index is -4.45. The smallest absolute Gasteiger partial charge is 0.354 e. The maximum absolute atomic E-state index is 12.7. The van der Waals surface area contributed by atoms with Crippen molar-refractivity contribution in [2.75, 3.05) is 31.1 Å². The van der Waals surface area contributed by atoms with Crippen molar-refractivity contribution in [3.05, 3.63) is 30.2 Å². The number of rotatable bonds is 3. The zero-order chi connectivity index (χ0) is 16.4. The van der Waals surface area contributed by atoms with Crippen molar-refractivity contribution in [1.82, 2.24) is 29.6 Å². The molecule has 0 bridgehead atoms. The third-order valence-electron chi connectivity index (χ3n) is 3.81. The van der Waals surface area contributed by atoms with Gasteiger partial charge in [0.1, 0.15) is 30.0 Å². The molecule has 7 nitrogen and oxygen atoms in total. The fourth-order valence-corrected chi connectivity index (χ4v) is 2.47. The molecule has 1 fully saturated rings. The fourth-order valence-electron chi connectivity index (χ4n) is 2.47. The maximum Gasteiger partial charge on any atom is 0.433 e. The topological polar surface area (TPSA) is 63.0 Å². The van der Waals surface area contributed by atoms with E-state index in [1.54, 1.807) is 4.68 Å². The summed E-state index contributed by atoms with van der Waals surface area (Å²) in [4.78, 5) is 15.5. The average molecular weight is 327 g/mol. The van der Waals surface area contributed by atoms with E-state index in [9.17, 15) is 13.2 Å². The van der Waals surface area contributed by atoms with Gasteiger partial charge < -0.3 is 4.90 Å². The lowest BCUT2D eigenvalue weighted by Crippen LogP contribution is -2.46. The van der Waals surface area contributed by atoms with Crippen LogP contribution < -0.4 is 4.90 Å². The van der Waals surface area contributed by atoms with Crippen molar-refractivity contribution in [2.45, 2.75) is 12.7 Å². The number of aryl methyl sites for hydroxylation is 1. The van der Waals surface area contributed by atoms with Crippen LogP contribution in [-0.2, 0) is 19.8 Å². The molecule has 0 amide bonds. The second kappa shape index (κ2) is 6.11. The SMILES string of the molecule is Cn1ncnc1CN1CCN(c2cc(C(F)(F)F)ncn2)CC1. The van der Waals surface area contributed by atoms with Gasteiger partial charge in [0.15, 0.2) is 0 Å². The average Bonchev–Trinajstić information content (AvgIpc) is 2.92. The van der Waals surface area contributed by atoms with Crippen LogP contribution >= 0.6 is 0 Å². The first-order valence-electron chi connectivity index (χ1n) is 7.13. The molecule has 2 aromatic rings. The van der Waals surface area contributed by atoms with Crippen LogP contribution in [0.1, 0.15) is 11.5 Å². The highest BCUT2D eigenvalue weighted by Gasteiger charge is 2.33. The number of anilines is 1. The van der Waals surface area contributed by atoms with Crippen LogP contribution in [0.4, 0.5) is 19.0 Å². The lowest BCUT2D eigenvalue weighted by Gasteiger charge is -2.35. The molecule has 124 valence electrons. The standard InChI is InChI=1S/C13H16F3N7/c1-21-12(19-9-20-21)7-22-2-4-23(5-3-22)11-6-10(13(14,15)16)17-8-18-11/h6,8-9H,2-5,7H2,1H3. The van der Waals surface area contributed by atoms with Gasteiger partial charge in [0.25, 0.3) is 0 Å². The predicted molar refractivity (Wildman–Crippen MR) is 75.5 cm³/mol. The third-order valence-corrected chi connectivity index (χ3v) is 3.81. The zero-order valence-corrected chi connectivity index (χ0v) is 12.5. The van der Waals surface area contributed by atoms with Gasteiger partial charge in [0, 0.05) is 39.3 Å². The van der Waals surface area contributed by atoms with E-state index >= 15 is 0 Å². The van der Waals surface area contributed by atoms with Gasteiger partial charge in [-0.1, -0.05) is 0 Å². The minimum Gasteiger partial charge on any atom is -0.354 e. The van der Waals surface area contributed by atoms with Gasteiger partial charge in [-0.05, 0) is 0 Å². The van der Waals surface area contributed by atoms with Gasteiger partial charge in [-0.2, -0.15) is 18.3 Å². The van der Waals surface area contributed by atoms with E-state index in [0.29, 0.717) is 25.5 Å². The lowest BCUT2D eigenvalue weighted by molar-refractivity contribution is -0.141. The molecule has 3 rings (SSSR count). The fraction of sp³-hybridized carbons (Fsp3) is 0.538. The monoisotopic (exact) mass is 327 g/mol. The van der Waals surface area contributed by atoms with E-state index in [2.05, 4.69) is 25.0 Å². The van der Waals surface area contributed by atoms with E-state index in [1.165, 1.54) is 6.33 Å². The number of nitrogens with zero attached hydrogens (tertiary/aromatic N) is 7. The number of alkyl halides is 3. The molecule has 0 unspecified atom stereocenters. The van der Waals surface area contributed by atoms with Crippen molar-refractivity contribution in [2.24, 2.45) is 7.05 Å². The molecular formula is C13H16F3N7. The van der Waals surface area contributed by atoms with E-state index in [4.69, 9.17) is 0 Å². The largest absolute Gasteiger partial charge is 0.433 e. The highest BCUT2D eigenvalue weighted by Crippen LogP contribution is 2.29. The van der Waals surface area contributed by atoms with Crippen LogP contribution in [-0.4, -0.2) is 55.8 Å². The molecule has 0 aromatic carbocycles. The molecule has 1 aliphatic heterocycles. The second-order valence-corrected chi connectivity index (χ2v) is 5.32. The molecule has 0 N–H and O–H groups in total. The summed E-state index contributed by atoms with van der Waals surface area (Å²) >= 11 is 0. The molecular weight excluding hydrogens is 311 g/mol. The van der Waals surface area contributed by atoms with Gasteiger partial charge >= 0.3 is 6.18 Å². The Morgan fingerprint density at radius 3 is 2.39 bits per heavy atom. The summed E-state index contributed by atoms with van der Waals surface area (Å²) in [7, 11) is 1.83. The van der Waals surface area contributed by atoms with Crippen molar-refractivity contribution in [1.29, 1.82) is 0 Å². The van der Waals surface area contributed by atoms with Crippen molar-refractivity contribution >= 4 is 5.82 Å². The van der Waals surface area contributed by atoms with Crippen molar-refractivity contribution < 1.29 is 13.2 Å². The summed E-state index contributed by atoms with van der Waals surface area (Å²) in [5.41, 5.74) is -0.913. The summed E-state index contributed by atoms with van der Waals surface area (Å²) < 4.78 is 39.9. The van der Waals surface area contributed by atoms with E-state index in [0.717, 1.165) is 31.3 Å². The number of aromatic nitrogens is 5. The third kappa shape index (κ3) is 3.58. The Labute approximate surface area is 130 Å². The molecule has 2 aromatic heterocycles. The second-order valence-electron chi connectivity index (χ2n) is 5.32. The highest BCUT2D eigenvalue weighted by molar-refractivity contribution is 5.40. The maximum atomic E-state index is 12.7. The molecule has 1 aliphatic rings. The molecule has 3 heterocycles. The summed E-state index contributed by atoms with van der Waals surface area (Å²) in [5, 5.41) is 4.02. The van der Waals surface area contributed by atoms with Crippen LogP contribution in [0.25, 0.3) is 0 Å². The first-order chi connectivity index (χ1) is 10.9. The van der Waals surface area contributed by atoms with Crippen LogP contribution in [0.2, 0.25) is 0 Å². The number of hydrogen-bond acceptors (Lipinski definition) is 6. The lowest BCUT2D eigenvalue weighted by atomic mass is 10.3. The van der Waals surface area contributed by atoms with Crippen molar-refractivity contribution in [3.63, 3.8) is 0 Å². The first-order valence-corrected chi connectivity index (χ1v) is 7.13. The van der Waals surface area contributed by atoms with Crippen LogP contribution in [0.3, 0.4) is 0 Å². The predicted octanol–water partition coefficient (Wildman–Crippen LogP) is 0.946. The Hall–Kier alpha value is -2.23. The Bertz CT molecular complexity index is 662. The van der Waals surface area contributed by atoms with Crippen LogP contribution in [0, 0.1) is 0 Å². The highest BCUT2D eigenvalue weighted by atomic mass is 19.4. The van der Waals surface area contributed by atoms with Gasteiger partial charge in [0.2, 0.25) is 0 Å². The number of piperazine rings is 1. The van der Waals surface area contributed by atoms with Gasteiger partial charge in [0.05, 0.1) is 6.54 Å². The molecule has 10 heteroatoms. The quantitative estimate of drug-likeness (QED) is 0.836. The minimum absolute atomic E-state index is 0.311. The normalized spacial score (nSPS) is 16.8. The van der Waals surface area contributed by atoms with Gasteiger partial charge in [-0.3, -0.25) is 9.58 Å². The summed E-state index contributed by atoms with van der Waals surface area (Å²) in [6.45, 7) is 3.32. The Morgan fingerprint density at radius 1 is 1.04 bits per heavy atom. The molecule has 1 saturated heterocycles. The molecule has 0 saturated carbocycles. The summed E-state index contributed by atoms with van der Waals surface area (Å²) in [6.07, 6.45) is -1.99. The molecule has 0 radical (unpaired) electrons. The molecule has 23 heavy (non-hydrogen) atoms. The number of halogens is 3. The van der Waals surface area contributed by atoms with Gasteiger partial charge in [-0.15, -0.1) is 0 Å².